The van der Waals surface area contributed by atoms with Crippen molar-refractivity contribution < 1.29 is 9.13 Å². The van der Waals surface area contributed by atoms with Crippen molar-refractivity contribution in [1.82, 2.24) is 14.6 Å². The summed E-state index contributed by atoms with van der Waals surface area (Å²) in [4.78, 5) is 30.4. The zero-order valence-corrected chi connectivity index (χ0v) is 13.6. The van der Waals surface area contributed by atoms with Crippen molar-refractivity contribution in [3.05, 3.63) is 74.7 Å². The quantitative estimate of drug-likeness (QED) is 0.554. The van der Waals surface area contributed by atoms with E-state index in [1.807, 2.05) is 0 Å². The molecule has 8 heteroatoms. The van der Waals surface area contributed by atoms with Gasteiger partial charge in [0.2, 0.25) is 0 Å². The van der Waals surface area contributed by atoms with Crippen molar-refractivity contribution in [2.75, 3.05) is 7.11 Å². The van der Waals surface area contributed by atoms with Crippen LogP contribution in [0.1, 0.15) is 5.56 Å². The molecular weight excluding hydrogens is 339 g/mol. The third-order valence-corrected chi connectivity index (χ3v) is 4.03. The Kier molecular flexibility index (Phi) is 3.65. The highest BCUT2D eigenvalue weighted by molar-refractivity contribution is 6.04. The molecule has 2 aromatic carbocycles. The average molecular weight is 352 g/mol. The fraction of sp³-hybridized carbons (Fsp3) is 0.0556. The Morgan fingerprint density at radius 1 is 1.08 bits per heavy atom. The highest BCUT2D eigenvalue weighted by atomic mass is 19.1. The third kappa shape index (κ3) is 2.57. The summed E-state index contributed by atoms with van der Waals surface area (Å²) in [6.45, 7) is 0. The van der Waals surface area contributed by atoms with Gasteiger partial charge in [-0.15, -0.1) is 4.68 Å². The number of methoxy groups -OCH3 is 1. The summed E-state index contributed by atoms with van der Waals surface area (Å²) in [6.07, 6.45) is 1.39. The van der Waals surface area contributed by atoms with E-state index in [0.29, 0.717) is 22.2 Å². The second-order valence-electron chi connectivity index (χ2n) is 5.63. The molecule has 7 nitrogen and oxygen atoms in total. The molecule has 0 radical (unpaired) electrons. The number of nitrogens with zero attached hydrogens (tertiary/aromatic N) is 2. The Bertz CT molecular complexity index is 1270. The molecule has 0 aliphatic carbocycles. The summed E-state index contributed by atoms with van der Waals surface area (Å²) in [7, 11) is 1.56. The third-order valence-electron chi connectivity index (χ3n) is 4.03. The molecule has 26 heavy (non-hydrogen) atoms. The van der Waals surface area contributed by atoms with Gasteiger partial charge in [-0.3, -0.25) is 4.79 Å². The Morgan fingerprint density at radius 3 is 2.58 bits per heavy atom. The van der Waals surface area contributed by atoms with Crippen LogP contribution in [0.25, 0.3) is 21.9 Å². The SMILES string of the molecule is COc1ccc(C=Nn2c(=O)[nH]c3c([nH]c4ccc(F)cc43)c2=O)cc1. The summed E-state index contributed by atoms with van der Waals surface area (Å²) in [5.41, 5.74) is 0.312. The largest absolute Gasteiger partial charge is 0.497 e. The first-order valence-electron chi connectivity index (χ1n) is 7.71. The summed E-state index contributed by atoms with van der Waals surface area (Å²) >= 11 is 0. The Hall–Kier alpha value is -3.68. The van der Waals surface area contributed by atoms with Gasteiger partial charge in [-0.25, -0.2) is 9.18 Å². The van der Waals surface area contributed by atoms with Crippen LogP contribution in [0.3, 0.4) is 0 Å². The molecular formula is C18H13FN4O3. The molecule has 4 aromatic rings. The molecule has 2 aromatic heterocycles. The molecule has 4 rings (SSSR count). The van der Waals surface area contributed by atoms with Crippen molar-refractivity contribution in [2.45, 2.75) is 0 Å². The van der Waals surface area contributed by atoms with Crippen LogP contribution in [0.2, 0.25) is 0 Å². The predicted molar refractivity (Wildman–Crippen MR) is 96.6 cm³/mol. The predicted octanol–water partition coefficient (Wildman–Crippen LogP) is 2.20. The van der Waals surface area contributed by atoms with Crippen LogP contribution in [-0.2, 0) is 0 Å². The van der Waals surface area contributed by atoms with E-state index < -0.39 is 17.1 Å². The first-order chi connectivity index (χ1) is 12.6. The van der Waals surface area contributed by atoms with E-state index in [2.05, 4.69) is 15.1 Å². The van der Waals surface area contributed by atoms with Gasteiger partial charge in [0.05, 0.1) is 18.8 Å². The molecule has 0 unspecified atom stereocenters. The number of aromatic amines is 2. The minimum Gasteiger partial charge on any atom is -0.497 e. The van der Waals surface area contributed by atoms with Crippen molar-refractivity contribution in [2.24, 2.45) is 5.10 Å². The molecule has 0 saturated carbocycles. The molecule has 2 N–H and O–H groups in total. The van der Waals surface area contributed by atoms with Crippen molar-refractivity contribution in [1.29, 1.82) is 0 Å². The number of fused-ring (bicyclic) bond motifs is 3. The van der Waals surface area contributed by atoms with E-state index in [0.717, 1.165) is 4.68 Å². The van der Waals surface area contributed by atoms with Crippen molar-refractivity contribution >= 4 is 28.2 Å². The van der Waals surface area contributed by atoms with E-state index in [9.17, 15) is 14.0 Å². The lowest BCUT2D eigenvalue weighted by atomic mass is 10.2. The van der Waals surface area contributed by atoms with E-state index in [-0.39, 0.29) is 11.0 Å². The summed E-state index contributed by atoms with van der Waals surface area (Å²) in [6, 6.07) is 11.0. The Balaban J connectivity index is 1.85. The lowest BCUT2D eigenvalue weighted by molar-refractivity contribution is 0.415. The number of benzene rings is 2. The molecule has 2 heterocycles. The van der Waals surface area contributed by atoms with Crippen molar-refractivity contribution in [3.63, 3.8) is 0 Å². The minimum atomic E-state index is -0.711. The van der Waals surface area contributed by atoms with Gasteiger partial charge >= 0.3 is 11.2 Å². The molecule has 130 valence electrons. The maximum atomic E-state index is 13.5. The highest BCUT2D eigenvalue weighted by Crippen LogP contribution is 2.21. The number of rotatable bonds is 3. The van der Waals surface area contributed by atoms with Crippen LogP contribution in [0.15, 0.2) is 57.2 Å². The second-order valence-corrected chi connectivity index (χ2v) is 5.63. The number of ether oxygens (including phenoxy) is 1. The standard InChI is InChI=1S/C18H13FN4O3/c1-26-12-5-2-10(3-6-12)9-20-23-17(24)16-15(22-18(23)25)13-8-11(19)4-7-14(13)21-16/h2-9,21H,1H3,(H,22,25). The van der Waals surface area contributed by atoms with E-state index >= 15 is 0 Å². The number of hydrogen-bond acceptors (Lipinski definition) is 4. The van der Waals surface area contributed by atoms with Gasteiger partial charge in [0, 0.05) is 10.9 Å². The minimum absolute atomic E-state index is 0.150. The van der Waals surface area contributed by atoms with E-state index in [4.69, 9.17) is 4.74 Å². The van der Waals surface area contributed by atoms with Gasteiger partial charge < -0.3 is 14.7 Å². The molecule has 0 amide bonds. The second kappa shape index (κ2) is 5.99. The van der Waals surface area contributed by atoms with E-state index in [1.165, 1.54) is 24.4 Å². The number of nitrogens with one attached hydrogen (secondary N) is 2. The Morgan fingerprint density at radius 2 is 1.85 bits per heavy atom. The molecule has 0 fully saturated rings. The van der Waals surface area contributed by atoms with Crippen LogP contribution >= 0.6 is 0 Å². The maximum absolute atomic E-state index is 13.5. The molecule has 0 spiro atoms. The Labute approximate surface area is 145 Å². The van der Waals surface area contributed by atoms with Gasteiger partial charge in [0.25, 0.3) is 0 Å². The molecule has 0 atom stereocenters. The maximum Gasteiger partial charge on any atom is 0.350 e. The normalized spacial score (nSPS) is 11.6. The number of H-pyrrole nitrogens is 2. The molecule has 0 bridgehead atoms. The van der Waals surface area contributed by atoms with Crippen LogP contribution in [-0.4, -0.2) is 28.0 Å². The first kappa shape index (κ1) is 15.8. The van der Waals surface area contributed by atoms with Gasteiger partial charge in [-0.05, 0) is 48.0 Å². The lowest BCUT2D eigenvalue weighted by Crippen LogP contribution is -2.32. The van der Waals surface area contributed by atoms with Gasteiger partial charge in [-0.2, -0.15) is 5.10 Å². The summed E-state index contributed by atoms with van der Waals surface area (Å²) in [5.74, 6) is 0.227. The van der Waals surface area contributed by atoms with Crippen LogP contribution in [0.5, 0.6) is 5.75 Å². The molecule has 0 aliphatic heterocycles. The van der Waals surface area contributed by atoms with Gasteiger partial charge in [-0.1, -0.05) is 0 Å². The van der Waals surface area contributed by atoms with Crippen LogP contribution in [0, 0.1) is 5.82 Å². The van der Waals surface area contributed by atoms with Crippen LogP contribution < -0.4 is 16.0 Å². The lowest BCUT2D eigenvalue weighted by Gasteiger charge is -2.00. The topological polar surface area (TPSA) is 92.2 Å². The first-order valence-corrected chi connectivity index (χ1v) is 7.71. The monoisotopic (exact) mass is 352 g/mol. The van der Waals surface area contributed by atoms with Crippen LogP contribution in [0.4, 0.5) is 4.39 Å². The number of aromatic nitrogens is 3. The molecule has 0 aliphatic rings. The van der Waals surface area contributed by atoms with Crippen molar-refractivity contribution in [3.8, 4) is 5.75 Å². The van der Waals surface area contributed by atoms with Gasteiger partial charge in [0.1, 0.15) is 17.1 Å². The van der Waals surface area contributed by atoms with E-state index in [1.54, 1.807) is 31.4 Å². The highest BCUT2D eigenvalue weighted by Gasteiger charge is 2.13. The molecule has 0 saturated heterocycles. The summed E-state index contributed by atoms with van der Waals surface area (Å²) in [5, 5.41) is 4.40. The van der Waals surface area contributed by atoms with Gasteiger partial charge in [0.15, 0.2) is 0 Å². The zero-order chi connectivity index (χ0) is 18.3. The smallest absolute Gasteiger partial charge is 0.350 e. The fourth-order valence-corrected chi connectivity index (χ4v) is 2.73. The zero-order valence-electron chi connectivity index (χ0n) is 13.6. The fourth-order valence-electron chi connectivity index (χ4n) is 2.73. The number of halogens is 1. The average Bonchev–Trinajstić information content (AvgIpc) is 3.00. The summed E-state index contributed by atoms with van der Waals surface area (Å²) < 4.78 is 19.3. The number of hydrogen-bond donors (Lipinski definition) is 2.